The molecule has 0 aliphatic carbocycles. The zero-order valence-electron chi connectivity index (χ0n) is 29.0. The molecular weight excluding hydrogens is 654 g/mol. The van der Waals surface area contributed by atoms with Crippen molar-refractivity contribution < 1.29 is 23.4 Å². The van der Waals surface area contributed by atoms with Gasteiger partial charge in [0, 0.05) is 61.7 Å². The number of benzene rings is 3. The van der Waals surface area contributed by atoms with Crippen LogP contribution in [-0.4, -0.2) is 104 Å². The highest BCUT2D eigenvalue weighted by atomic mass is 35.5. The Kier molecular flexibility index (Phi) is 10.9. The first-order valence-corrected chi connectivity index (χ1v) is 18.3. The standard InChI is InChI=1S/C39H46ClN5O5/c1-27-22-31-33(41-26-30-8-7-15-45(30)39(31)46)25-35(27)49-21-6-4-14-44-18-16-43(17-19-44)13-3-5-20-48-34-12-9-28(23-37(34)47-2)38-42-32-11-10-29(40)24-36(32)50-38/h9-12,22-26,30H,3-8,13-21H2,1-2H3/t30-/m0/s1. The van der Waals surface area contributed by atoms with E-state index in [1.165, 1.54) is 0 Å². The smallest absolute Gasteiger partial charge is 0.256 e. The third-order valence-corrected chi connectivity index (χ3v) is 10.2. The number of aliphatic imine (C=N–C) groups is 1. The monoisotopic (exact) mass is 699 g/mol. The van der Waals surface area contributed by atoms with E-state index >= 15 is 0 Å². The van der Waals surface area contributed by atoms with Crippen LogP contribution in [0.5, 0.6) is 17.2 Å². The van der Waals surface area contributed by atoms with Gasteiger partial charge in [-0.3, -0.25) is 9.79 Å². The number of oxazole rings is 1. The Bertz CT molecular complexity index is 1840. The Morgan fingerprint density at radius 2 is 1.60 bits per heavy atom. The lowest BCUT2D eigenvalue weighted by Crippen LogP contribution is -2.46. The molecule has 7 rings (SSSR count). The Hall–Kier alpha value is -4.12. The molecule has 2 saturated heterocycles. The first-order valence-electron chi connectivity index (χ1n) is 17.9. The van der Waals surface area contributed by atoms with Gasteiger partial charge in [0.25, 0.3) is 5.91 Å². The Labute approximate surface area is 299 Å². The highest BCUT2D eigenvalue weighted by Gasteiger charge is 2.32. The normalized spacial score (nSPS) is 17.9. The zero-order chi connectivity index (χ0) is 34.5. The summed E-state index contributed by atoms with van der Waals surface area (Å²) < 4.78 is 23.8. The van der Waals surface area contributed by atoms with Crippen molar-refractivity contribution in [2.45, 2.75) is 51.5 Å². The average Bonchev–Trinajstić information content (AvgIpc) is 3.76. The molecule has 264 valence electrons. The SMILES string of the molecule is COc1cc(-c2nc3ccc(Cl)cc3o2)ccc1OCCCCN1CCN(CCCCOc2cc3c(cc2C)C(=O)N2CCC[C@H]2C=N3)CC1. The molecular formula is C39H46ClN5O5. The van der Waals surface area contributed by atoms with Gasteiger partial charge in [0.1, 0.15) is 11.3 Å². The van der Waals surface area contributed by atoms with Crippen LogP contribution in [-0.2, 0) is 0 Å². The lowest BCUT2D eigenvalue weighted by atomic mass is 10.1. The Morgan fingerprint density at radius 3 is 2.34 bits per heavy atom. The number of nitrogens with zero attached hydrogens (tertiary/aromatic N) is 5. The third-order valence-electron chi connectivity index (χ3n) is 9.95. The number of amides is 1. The van der Waals surface area contributed by atoms with Crippen molar-refractivity contribution in [2.75, 3.05) is 66.1 Å². The summed E-state index contributed by atoms with van der Waals surface area (Å²) in [4.78, 5) is 29.4. The summed E-state index contributed by atoms with van der Waals surface area (Å²) in [5, 5.41) is 0.614. The second kappa shape index (κ2) is 15.8. The van der Waals surface area contributed by atoms with Gasteiger partial charge < -0.3 is 33.3 Å². The molecule has 11 heteroatoms. The third kappa shape index (κ3) is 7.93. The first kappa shape index (κ1) is 34.3. The summed E-state index contributed by atoms with van der Waals surface area (Å²) in [7, 11) is 1.64. The van der Waals surface area contributed by atoms with Crippen LogP contribution < -0.4 is 14.2 Å². The van der Waals surface area contributed by atoms with Crippen LogP contribution >= 0.6 is 11.6 Å². The van der Waals surface area contributed by atoms with Gasteiger partial charge in [-0.25, -0.2) is 4.98 Å². The minimum absolute atomic E-state index is 0.0912. The predicted molar refractivity (Wildman–Crippen MR) is 197 cm³/mol. The molecule has 10 nitrogen and oxygen atoms in total. The number of halogens is 1. The maximum atomic E-state index is 13.1. The molecule has 3 aliphatic heterocycles. The van der Waals surface area contributed by atoms with E-state index in [-0.39, 0.29) is 11.9 Å². The highest BCUT2D eigenvalue weighted by Crippen LogP contribution is 2.35. The predicted octanol–water partition coefficient (Wildman–Crippen LogP) is 7.42. The van der Waals surface area contributed by atoms with Crippen LogP contribution in [0, 0.1) is 6.92 Å². The number of fused-ring (bicyclic) bond motifs is 3. The second-order valence-electron chi connectivity index (χ2n) is 13.4. The van der Waals surface area contributed by atoms with Crippen molar-refractivity contribution in [1.82, 2.24) is 19.7 Å². The number of hydrogen-bond donors (Lipinski definition) is 0. The van der Waals surface area contributed by atoms with Crippen molar-refractivity contribution in [2.24, 2.45) is 4.99 Å². The van der Waals surface area contributed by atoms with E-state index in [2.05, 4.69) is 19.8 Å². The van der Waals surface area contributed by atoms with Crippen LogP contribution in [0.1, 0.15) is 54.4 Å². The van der Waals surface area contributed by atoms with Crippen LogP contribution in [0.3, 0.4) is 0 Å². The van der Waals surface area contributed by atoms with Crippen molar-refractivity contribution in [1.29, 1.82) is 0 Å². The molecule has 0 saturated carbocycles. The Morgan fingerprint density at radius 1 is 0.860 bits per heavy atom. The summed E-state index contributed by atoms with van der Waals surface area (Å²) in [6.07, 6.45) is 8.12. The highest BCUT2D eigenvalue weighted by molar-refractivity contribution is 6.31. The van der Waals surface area contributed by atoms with E-state index in [1.54, 1.807) is 19.2 Å². The molecule has 0 unspecified atom stereocenters. The number of aryl methyl sites for hydroxylation is 1. The molecule has 1 atom stereocenters. The van der Waals surface area contributed by atoms with E-state index in [9.17, 15) is 4.79 Å². The summed E-state index contributed by atoms with van der Waals surface area (Å²) in [5.74, 6) is 2.81. The quantitative estimate of drug-likeness (QED) is 0.126. The number of carbonyl (C=O) groups excluding carboxylic acids is 1. The van der Waals surface area contributed by atoms with E-state index in [0.29, 0.717) is 46.8 Å². The maximum Gasteiger partial charge on any atom is 0.256 e. The summed E-state index contributed by atoms with van der Waals surface area (Å²) in [6.45, 7) is 10.7. The molecule has 3 aliphatic rings. The van der Waals surface area contributed by atoms with E-state index < -0.39 is 0 Å². The van der Waals surface area contributed by atoms with E-state index in [4.69, 9.17) is 30.2 Å². The van der Waals surface area contributed by atoms with Gasteiger partial charge in [0.05, 0.1) is 37.6 Å². The number of hydrogen-bond acceptors (Lipinski definition) is 9. The number of unbranched alkanes of at least 4 members (excludes halogenated alkanes) is 2. The molecule has 1 amide bonds. The molecule has 0 bridgehead atoms. The summed E-state index contributed by atoms with van der Waals surface area (Å²) in [6, 6.07) is 15.2. The molecule has 4 heterocycles. The minimum Gasteiger partial charge on any atom is -0.493 e. The number of aromatic nitrogens is 1. The average molecular weight is 700 g/mol. The van der Waals surface area contributed by atoms with Crippen molar-refractivity contribution in [3.05, 3.63) is 64.7 Å². The van der Waals surface area contributed by atoms with Gasteiger partial charge >= 0.3 is 0 Å². The maximum absolute atomic E-state index is 13.1. The van der Waals surface area contributed by atoms with Gasteiger partial charge in [0.2, 0.25) is 5.89 Å². The number of rotatable bonds is 14. The fraction of sp³-hybridized carbons (Fsp3) is 0.462. The van der Waals surface area contributed by atoms with Crippen molar-refractivity contribution >= 4 is 40.5 Å². The van der Waals surface area contributed by atoms with Crippen LogP contribution in [0.15, 0.2) is 57.9 Å². The lowest BCUT2D eigenvalue weighted by molar-refractivity contribution is 0.0774. The van der Waals surface area contributed by atoms with Crippen molar-refractivity contribution in [3.63, 3.8) is 0 Å². The van der Waals surface area contributed by atoms with Crippen LogP contribution in [0.2, 0.25) is 5.02 Å². The molecule has 50 heavy (non-hydrogen) atoms. The van der Waals surface area contributed by atoms with Gasteiger partial charge in [-0.2, -0.15) is 0 Å². The molecule has 4 aromatic rings. The number of piperazine rings is 1. The fourth-order valence-electron chi connectivity index (χ4n) is 7.05. The van der Waals surface area contributed by atoms with Gasteiger partial charge in [-0.15, -0.1) is 0 Å². The molecule has 0 N–H and O–H groups in total. The first-order chi connectivity index (χ1) is 24.4. The lowest BCUT2D eigenvalue weighted by Gasteiger charge is -2.34. The number of methoxy groups -OCH3 is 1. The Balaban J connectivity index is 0.773. The van der Waals surface area contributed by atoms with Crippen LogP contribution in [0.25, 0.3) is 22.6 Å². The number of carbonyl (C=O) groups is 1. The van der Waals surface area contributed by atoms with Gasteiger partial charge in [0.15, 0.2) is 17.1 Å². The van der Waals surface area contributed by atoms with E-state index in [1.807, 2.05) is 54.4 Å². The zero-order valence-corrected chi connectivity index (χ0v) is 29.8. The summed E-state index contributed by atoms with van der Waals surface area (Å²) in [5.41, 5.74) is 4.64. The van der Waals surface area contributed by atoms with Gasteiger partial charge in [-0.05, 0) is 100 Å². The number of ether oxygens (including phenoxy) is 3. The summed E-state index contributed by atoms with van der Waals surface area (Å²) >= 11 is 6.09. The molecule has 3 aromatic carbocycles. The molecule has 0 spiro atoms. The second-order valence-corrected chi connectivity index (χ2v) is 13.8. The fourth-order valence-corrected chi connectivity index (χ4v) is 7.21. The van der Waals surface area contributed by atoms with E-state index in [0.717, 1.165) is 112 Å². The molecule has 0 radical (unpaired) electrons. The van der Waals surface area contributed by atoms with Gasteiger partial charge in [-0.1, -0.05) is 11.6 Å². The minimum atomic E-state index is 0.0912. The van der Waals surface area contributed by atoms with Crippen molar-refractivity contribution in [3.8, 4) is 28.7 Å². The topological polar surface area (TPSA) is 92.9 Å². The van der Waals surface area contributed by atoms with Crippen LogP contribution in [0.4, 0.5) is 5.69 Å². The molecule has 2 fully saturated rings. The largest absolute Gasteiger partial charge is 0.493 e. The molecule has 1 aromatic heterocycles.